The summed E-state index contributed by atoms with van der Waals surface area (Å²) >= 11 is 3.06. The van der Waals surface area contributed by atoms with Gasteiger partial charge in [-0.1, -0.05) is 11.8 Å². The molecule has 0 bridgehead atoms. The number of hydrogen-bond acceptors (Lipinski definition) is 8. The van der Waals surface area contributed by atoms with E-state index in [9.17, 15) is 4.79 Å². The van der Waals surface area contributed by atoms with Crippen LogP contribution in [-0.4, -0.2) is 74.8 Å². The minimum atomic E-state index is -0.0791. The van der Waals surface area contributed by atoms with Gasteiger partial charge < -0.3 is 14.4 Å². The van der Waals surface area contributed by atoms with Crippen molar-refractivity contribution in [1.82, 2.24) is 24.6 Å². The van der Waals surface area contributed by atoms with Gasteiger partial charge in [-0.05, 0) is 6.92 Å². The Balaban J connectivity index is 1.29. The van der Waals surface area contributed by atoms with Gasteiger partial charge in [-0.2, -0.15) is 5.10 Å². The summed E-state index contributed by atoms with van der Waals surface area (Å²) in [6.45, 7) is 4.13. The first kappa shape index (κ1) is 17.0. The molecule has 4 rings (SSSR count). The number of thioether (sulfide) groups is 1. The van der Waals surface area contributed by atoms with Crippen LogP contribution in [0, 0.1) is 6.92 Å². The Labute approximate surface area is 153 Å². The maximum absolute atomic E-state index is 12.5. The highest BCUT2D eigenvalue weighted by molar-refractivity contribution is 8.01. The van der Waals surface area contributed by atoms with Crippen LogP contribution in [0.1, 0.15) is 11.7 Å². The number of hydrogen-bond donors (Lipinski definition) is 0. The van der Waals surface area contributed by atoms with E-state index in [1.165, 1.54) is 18.1 Å². The summed E-state index contributed by atoms with van der Waals surface area (Å²) < 4.78 is 14.7. The van der Waals surface area contributed by atoms with Gasteiger partial charge in [-0.3, -0.25) is 4.79 Å². The number of carbonyl (C=O) groups excluding carboxylic acids is 1. The lowest BCUT2D eigenvalue weighted by atomic mass is 10.3. The second-order valence-electron chi connectivity index (χ2n) is 6.12. The van der Waals surface area contributed by atoms with E-state index in [-0.39, 0.29) is 24.2 Å². The molecule has 10 heteroatoms. The number of fused-ring (bicyclic) bond motifs is 1. The van der Waals surface area contributed by atoms with Crippen LogP contribution in [0.15, 0.2) is 22.4 Å². The normalized spacial score (nSPS) is 24.3. The molecule has 0 N–H and O–H groups in total. The Kier molecular flexibility index (Phi) is 5.02. The van der Waals surface area contributed by atoms with Crippen molar-refractivity contribution in [2.24, 2.45) is 0 Å². The fourth-order valence-corrected chi connectivity index (χ4v) is 4.71. The van der Waals surface area contributed by atoms with Gasteiger partial charge in [0.15, 0.2) is 4.34 Å². The number of amides is 1. The van der Waals surface area contributed by atoms with E-state index in [1.54, 1.807) is 22.3 Å². The molecular weight excluding hydrogens is 362 g/mol. The van der Waals surface area contributed by atoms with E-state index in [4.69, 9.17) is 9.47 Å². The summed E-state index contributed by atoms with van der Waals surface area (Å²) in [6.07, 6.45) is 3.02. The molecule has 0 spiro atoms. The molecule has 0 saturated carbocycles. The predicted molar refractivity (Wildman–Crippen MR) is 92.7 cm³/mol. The highest BCUT2D eigenvalue weighted by Gasteiger charge is 2.39. The Morgan fingerprint density at radius 1 is 1.36 bits per heavy atom. The van der Waals surface area contributed by atoms with E-state index >= 15 is 0 Å². The largest absolute Gasteiger partial charge is 0.371 e. The molecule has 4 heterocycles. The topological polar surface area (TPSA) is 82.4 Å². The third-order valence-electron chi connectivity index (χ3n) is 4.30. The SMILES string of the molecule is Cc1csc(SCC(=O)N2C[C@@H]3OCC(n4cncn4)CO[C@H]3C2)n1. The number of rotatable bonds is 4. The van der Waals surface area contributed by atoms with Crippen LogP contribution >= 0.6 is 23.1 Å². The molecule has 2 saturated heterocycles. The summed E-state index contributed by atoms with van der Waals surface area (Å²) in [5.41, 5.74) is 0.993. The highest BCUT2D eigenvalue weighted by atomic mass is 32.2. The van der Waals surface area contributed by atoms with Crippen LogP contribution in [0.3, 0.4) is 0 Å². The molecule has 0 aliphatic carbocycles. The van der Waals surface area contributed by atoms with Crippen molar-refractivity contribution in [2.45, 2.75) is 29.5 Å². The number of aryl methyl sites for hydroxylation is 1. The Morgan fingerprint density at radius 3 is 2.72 bits per heavy atom. The van der Waals surface area contributed by atoms with E-state index in [0.29, 0.717) is 32.1 Å². The number of aromatic nitrogens is 4. The average molecular weight is 381 g/mol. The van der Waals surface area contributed by atoms with Crippen LogP contribution in [0.2, 0.25) is 0 Å². The molecule has 2 aliphatic heterocycles. The Hall–Kier alpha value is -1.49. The van der Waals surface area contributed by atoms with Gasteiger partial charge in [0.25, 0.3) is 0 Å². The molecular formula is C15H19N5O3S2. The molecule has 0 unspecified atom stereocenters. The van der Waals surface area contributed by atoms with Gasteiger partial charge in [0.1, 0.15) is 30.9 Å². The molecule has 0 radical (unpaired) electrons. The van der Waals surface area contributed by atoms with Gasteiger partial charge in [0.05, 0.1) is 19.0 Å². The smallest absolute Gasteiger partial charge is 0.233 e. The van der Waals surface area contributed by atoms with Crippen LogP contribution in [0.5, 0.6) is 0 Å². The van der Waals surface area contributed by atoms with Gasteiger partial charge in [-0.25, -0.2) is 14.6 Å². The van der Waals surface area contributed by atoms with E-state index in [0.717, 1.165) is 10.0 Å². The summed E-state index contributed by atoms with van der Waals surface area (Å²) in [5.74, 6) is 0.500. The molecule has 8 nitrogen and oxygen atoms in total. The molecule has 0 aromatic carbocycles. The van der Waals surface area contributed by atoms with Crippen molar-refractivity contribution in [3.8, 4) is 0 Å². The van der Waals surface area contributed by atoms with Crippen LogP contribution in [-0.2, 0) is 14.3 Å². The van der Waals surface area contributed by atoms with Gasteiger partial charge in [0.2, 0.25) is 5.91 Å². The molecule has 25 heavy (non-hydrogen) atoms. The summed E-state index contributed by atoms with van der Waals surface area (Å²) in [7, 11) is 0. The fraction of sp³-hybridized carbons (Fsp3) is 0.600. The zero-order valence-electron chi connectivity index (χ0n) is 13.8. The summed E-state index contributed by atoms with van der Waals surface area (Å²) in [5, 5.41) is 6.14. The van der Waals surface area contributed by atoms with Crippen molar-refractivity contribution in [3.05, 3.63) is 23.7 Å². The number of nitrogens with zero attached hydrogens (tertiary/aromatic N) is 5. The molecule has 2 aliphatic rings. The standard InChI is InChI=1S/C15H19N5O3S2/c1-10-6-24-15(18-10)25-7-14(21)19-2-12-13(3-19)23-5-11(4-22-12)20-9-16-8-17-20/h6,8-9,11-13H,2-5,7H2,1H3/t12-,13-/m0/s1. The van der Waals surface area contributed by atoms with Crippen LogP contribution in [0.25, 0.3) is 0 Å². The first-order valence-electron chi connectivity index (χ1n) is 8.09. The first-order chi connectivity index (χ1) is 12.2. The second-order valence-corrected chi connectivity index (χ2v) is 8.20. The monoisotopic (exact) mass is 381 g/mol. The third kappa shape index (κ3) is 3.86. The van der Waals surface area contributed by atoms with Gasteiger partial charge in [-0.15, -0.1) is 11.3 Å². The van der Waals surface area contributed by atoms with Crippen molar-refractivity contribution >= 4 is 29.0 Å². The van der Waals surface area contributed by atoms with E-state index < -0.39 is 0 Å². The zero-order chi connectivity index (χ0) is 17.2. The van der Waals surface area contributed by atoms with Crippen LogP contribution < -0.4 is 0 Å². The van der Waals surface area contributed by atoms with Crippen molar-refractivity contribution < 1.29 is 14.3 Å². The number of likely N-dealkylation sites (tertiary alicyclic amines) is 1. The molecule has 1 amide bonds. The average Bonchev–Trinajstić information content (AvgIpc) is 3.33. The summed E-state index contributed by atoms with van der Waals surface area (Å²) in [6, 6.07) is 0.0287. The molecule has 2 fully saturated rings. The van der Waals surface area contributed by atoms with Crippen molar-refractivity contribution in [1.29, 1.82) is 0 Å². The lowest BCUT2D eigenvalue weighted by Gasteiger charge is -2.18. The lowest BCUT2D eigenvalue weighted by molar-refractivity contribution is -0.128. The Morgan fingerprint density at radius 2 is 2.12 bits per heavy atom. The first-order valence-corrected chi connectivity index (χ1v) is 9.95. The number of ether oxygens (including phenoxy) is 2. The third-order valence-corrected chi connectivity index (χ3v) is 6.42. The number of thiazole rings is 1. The molecule has 2 aromatic heterocycles. The lowest BCUT2D eigenvalue weighted by Crippen LogP contribution is -2.32. The van der Waals surface area contributed by atoms with Gasteiger partial charge >= 0.3 is 0 Å². The summed E-state index contributed by atoms with van der Waals surface area (Å²) in [4.78, 5) is 22.6. The van der Waals surface area contributed by atoms with E-state index in [2.05, 4.69) is 15.1 Å². The maximum atomic E-state index is 12.5. The quantitative estimate of drug-likeness (QED) is 0.731. The van der Waals surface area contributed by atoms with Crippen LogP contribution in [0.4, 0.5) is 0 Å². The molecule has 134 valence electrons. The minimum absolute atomic E-state index is 0.0287. The fourth-order valence-electron chi connectivity index (χ4n) is 2.96. The zero-order valence-corrected chi connectivity index (χ0v) is 15.4. The van der Waals surface area contributed by atoms with Crippen molar-refractivity contribution in [3.63, 3.8) is 0 Å². The number of carbonyl (C=O) groups is 1. The minimum Gasteiger partial charge on any atom is -0.371 e. The Bertz CT molecular complexity index is 707. The van der Waals surface area contributed by atoms with E-state index in [1.807, 2.05) is 17.2 Å². The maximum Gasteiger partial charge on any atom is 0.233 e. The molecule has 2 atom stereocenters. The highest BCUT2D eigenvalue weighted by Crippen LogP contribution is 2.26. The second kappa shape index (κ2) is 7.40. The van der Waals surface area contributed by atoms with Crippen molar-refractivity contribution in [2.75, 3.05) is 32.1 Å². The predicted octanol–water partition coefficient (Wildman–Crippen LogP) is 1.00. The molecule has 2 aromatic rings. The van der Waals surface area contributed by atoms with Gasteiger partial charge in [0, 0.05) is 24.2 Å².